The van der Waals surface area contributed by atoms with Gasteiger partial charge in [-0.15, -0.1) is 0 Å². The SMILES string of the molecule is CCCN(CCC)c1c(N)cc(C(F)(F)F)cc1N. The van der Waals surface area contributed by atoms with E-state index in [9.17, 15) is 13.2 Å². The first-order valence-corrected chi connectivity index (χ1v) is 6.32. The molecule has 0 aliphatic carbocycles. The second-order valence-corrected chi connectivity index (χ2v) is 4.49. The molecule has 1 aromatic rings. The average molecular weight is 275 g/mol. The quantitative estimate of drug-likeness (QED) is 0.809. The molecule has 0 spiro atoms. The van der Waals surface area contributed by atoms with Gasteiger partial charge in [0.2, 0.25) is 0 Å². The monoisotopic (exact) mass is 275 g/mol. The number of hydrogen-bond acceptors (Lipinski definition) is 3. The lowest BCUT2D eigenvalue weighted by Gasteiger charge is -2.27. The highest BCUT2D eigenvalue weighted by molar-refractivity contribution is 5.81. The Morgan fingerprint density at radius 3 is 1.74 bits per heavy atom. The summed E-state index contributed by atoms with van der Waals surface area (Å²) in [5, 5.41) is 0. The fourth-order valence-corrected chi connectivity index (χ4v) is 2.08. The fraction of sp³-hybridized carbons (Fsp3) is 0.538. The number of halogens is 3. The molecule has 6 heteroatoms. The van der Waals surface area contributed by atoms with Crippen LogP contribution in [0.5, 0.6) is 0 Å². The van der Waals surface area contributed by atoms with Crippen molar-refractivity contribution in [1.82, 2.24) is 0 Å². The molecule has 0 bridgehead atoms. The summed E-state index contributed by atoms with van der Waals surface area (Å²) in [5.74, 6) is 0. The highest BCUT2D eigenvalue weighted by atomic mass is 19.4. The molecule has 1 aromatic carbocycles. The van der Waals surface area contributed by atoms with Gasteiger partial charge in [0.1, 0.15) is 0 Å². The minimum Gasteiger partial charge on any atom is -0.397 e. The molecule has 0 radical (unpaired) electrons. The van der Waals surface area contributed by atoms with Gasteiger partial charge in [0.25, 0.3) is 0 Å². The summed E-state index contributed by atoms with van der Waals surface area (Å²) >= 11 is 0. The van der Waals surface area contributed by atoms with E-state index in [-0.39, 0.29) is 11.4 Å². The molecule has 0 heterocycles. The van der Waals surface area contributed by atoms with Crippen LogP contribution in [-0.2, 0) is 6.18 Å². The lowest BCUT2D eigenvalue weighted by molar-refractivity contribution is -0.137. The van der Waals surface area contributed by atoms with Gasteiger partial charge in [-0.25, -0.2) is 0 Å². The first kappa shape index (κ1) is 15.5. The summed E-state index contributed by atoms with van der Waals surface area (Å²) in [6, 6.07) is 1.90. The Morgan fingerprint density at radius 2 is 1.42 bits per heavy atom. The Bertz CT molecular complexity index is 401. The number of alkyl halides is 3. The summed E-state index contributed by atoms with van der Waals surface area (Å²) < 4.78 is 38.0. The first-order chi connectivity index (χ1) is 8.81. The van der Waals surface area contributed by atoms with Gasteiger partial charge in [0.05, 0.1) is 22.6 Å². The van der Waals surface area contributed by atoms with Crippen LogP contribution in [0.4, 0.5) is 30.2 Å². The average Bonchev–Trinajstić information content (AvgIpc) is 2.27. The number of nitrogen functional groups attached to an aromatic ring is 2. The van der Waals surface area contributed by atoms with Crippen molar-refractivity contribution < 1.29 is 13.2 Å². The number of hydrogen-bond donors (Lipinski definition) is 2. The van der Waals surface area contributed by atoms with Gasteiger partial charge in [0, 0.05) is 13.1 Å². The molecule has 3 nitrogen and oxygen atoms in total. The largest absolute Gasteiger partial charge is 0.416 e. The fourth-order valence-electron chi connectivity index (χ4n) is 2.08. The van der Waals surface area contributed by atoms with Gasteiger partial charge in [-0.1, -0.05) is 13.8 Å². The van der Waals surface area contributed by atoms with Gasteiger partial charge < -0.3 is 16.4 Å². The Hall–Kier alpha value is -1.59. The van der Waals surface area contributed by atoms with Gasteiger partial charge >= 0.3 is 6.18 Å². The van der Waals surface area contributed by atoms with E-state index in [2.05, 4.69) is 0 Å². The molecule has 0 atom stereocenters. The van der Waals surface area contributed by atoms with E-state index in [1.165, 1.54) is 0 Å². The minimum atomic E-state index is -4.43. The van der Waals surface area contributed by atoms with E-state index < -0.39 is 11.7 Å². The molecule has 4 N–H and O–H groups in total. The maximum absolute atomic E-state index is 12.7. The van der Waals surface area contributed by atoms with Crippen LogP contribution in [0.1, 0.15) is 32.3 Å². The van der Waals surface area contributed by atoms with E-state index in [0.717, 1.165) is 25.0 Å². The Labute approximate surface area is 111 Å². The molecular formula is C13H20F3N3. The Morgan fingerprint density at radius 1 is 1.00 bits per heavy atom. The predicted molar refractivity (Wildman–Crippen MR) is 73.1 cm³/mol. The molecule has 0 aliphatic heterocycles. The molecule has 1 rings (SSSR count). The lowest BCUT2D eigenvalue weighted by Crippen LogP contribution is -2.27. The minimum absolute atomic E-state index is 0.0780. The number of anilines is 3. The topological polar surface area (TPSA) is 55.3 Å². The third kappa shape index (κ3) is 3.68. The molecule has 0 fully saturated rings. The molecule has 108 valence electrons. The summed E-state index contributed by atoms with van der Waals surface area (Å²) in [7, 11) is 0. The number of nitrogens with zero attached hydrogens (tertiary/aromatic N) is 1. The molecule has 0 saturated heterocycles. The van der Waals surface area contributed by atoms with Gasteiger partial charge in [0.15, 0.2) is 0 Å². The van der Waals surface area contributed by atoms with Crippen molar-refractivity contribution >= 4 is 17.1 Å². The van der Waals surface area contributed by atoms with Crippen LogP contribution in [0.25, 0.3) is 0 Å². The second-order valence-electron chi connectivity index (χ2n) is 4.49. The summed E-state index contributed by atoms with van der Waals surface area (Å²) in [5.41, 5.74) is 11.4. The van der Waals surface area contributed by atoms with Crippen LogP contribution < -0.4 is 16.4 Å². The second kappa shape index (κ2) is 6.04. The summed E-state index contributed by atoms with van der Waals surface area (Å²) in [6.45, 7) is 5.43. The van der Waals surface area contributed by atoms with Crippen molar-refractivity contribution in [2.75, 3.05) is 29.5 Å². The maximum atomic E-state index is 12.7. The van der Waals surface area contributed by atoms with Crippen molar-refractivity contribution in [2.45, 2.75) is 32.9 Å². The Kier molecular flexibility index (Phi) is 4.91. The van der Waals surface area contributed by atoms with Crippen molar-refractivity contribution in [3.05, 3.63) is 17.7 Å². The van der Waals surface area contributed by atoms with Crippen LogP contribution in [0.15, 0.2) is 12.1 Å². The normalized spacial score (nSPS) is 11.6. The third-order valence-corrected chi connectivity index (χ3v) is 2.80. The van der Waals surface area contributed by atoms with E-state index in [1.807, 2.05) is 18.7 Å². The standard InChI is InChI=1S/C13H20F3N3/c1-3-5-19(6-4-2)12-10(17)7-9(8-11(12)18)13(14,15)16/h7-8H,3-6,17-18H2,1-2H3. The first-order valence-electron chi connectivity index (χ1n) is 6.32. The van der Waals surface area contributed by atoms with Crippen molar-refractivity contribution in [3.63, 3.8) is 0 Å². The maximum Gasteiger partial charge on any atom is 0.416 e. The van der Waals surface area contributed by atoms with Crippen molar-refractivity contribution in [1.29, 1.82) is 0 Å². The predicted octanol–water partition coefficient (Wildman–Crippen LogP) is 3.50. The highest BCUT2D eigenvalue weighted by Crippen LogP contribution is 2.38. The molecule has 19 heavy (non-hydrogen) atoms. The third-order valence-electron chi connectivity index (χ3n) is 2.80. The highest BCUT2D eigenvalue weighted by Gasteiger charge is 2.32. The number of nitrogens with two attached hydrogens (primary N) is 2. The van der Waals surface area contributed by atoms with Crippen LogP contribution in [0.3, 0.4) is 0 Å². The zero-order chi connectivity index (χ0) is 14.6. The molecule has 0 aliphatic rings. The van der Waals surface area contributed by atoms with E-state index in [4.69, 9.17) is 11.5 Å². The van der Waals surface area contributed by atoms with E-state index in [0.29, 0.717) is 18.8 Å². The lowest BCUT2D eigenvalue weighted by atomic mass is 10.1. The van der Waals surface area contributed by atoms with E-state index >= 15 is 0 Å². The van der Waals surface area contributed by atoms with Gasteiger partial charge in [-0.2, -0.15) is 13.2 Å². The van der Waals surface area contributed by atoms with Gasteiger partial charge in [-0.05, 0) is 25.0 Å². The van der Waals surface area contributed by atoms with Crippen LogP contribution in [0, 0.1) is 0 Å². The van der Waals surface area contributed by atoms with Crippen LogP contribution >= 0.6 is 0 Å². The zero-order valence-electron chi connectivity index (χ0n) is 11.2. The molecule has 0 unspecified atom stereocenters. The van der Waals surface area contributed by atoms with Crippen LogP contribution in [0.2, 0.25) is 0 Å². The zero-order valence-corrected chi connectivity index (χ0v) is 11.2. The van der Waals surface area contributed by atoms with Gasteiger partial charge in [-0.3, -0.25) is 0 Å². The molecule has 0 saturated carbocycles. The molecular weight excluding hydrogens is 255 g/mol. The van der Waals surface area contributed by atoms with Crippen LogP contribution in [-0.4, -0.2) is 13.1 Å². The smallest absolute Gasteiger partial charge is 0.397 e. The number of rotatable bonds is 5. The van der Waals surface area contributed by atoms with Crippen molar-refractivity contribution in [3.8, 4) is 0 Å². The van der Waals surface area contributed by atoms with Crippen molar-refractivity contribution in [2.24, 2.45) is 0 Å². The summed E-state index contributed by atoms with van der Waals surface area (Å²) in [4.78, 5) is 1.94. The number of benzene rings is 1. The summed E-state index contributed by atoms with van der Waals surface area (Å²) in [6.07, 6.45) is -2.68. The molecule has 0 amide bonds. The molecule has 0 aromatic heterocycles. The van der Waals surface area contributed by atoms with E-state index in [1.54, 1.807) is 0 Å². The Balaban J connectivity index is 3.21.